The molecule has 17 heavy (non-hydrogen) atoms. The highest BCUT2D eigenvalue weighted by atomic mass is 19.1. The number of hydrogen-bond donors (Lipinski definition) is 1. The fourth-order valence-electron chi connectivity index (χ4n) is 1.59. The van der Waals surface area contributed by atoms with Gasteiger partial charge in [0.05, 0.1) is 12.0 Å². The zero-order chi connectivity index (χ0) is 13.1. The second-order valence-corrected chi connectivity index (χ2v) is 4.72. The van der Waals surface area contributed by atoms with Crippen LogP contribution in [-0.4, -0.2) is 18.2 Å². The molecular formula is C13H17FO3. The van der Waals surface area contributed by atoms with E-state index in [2.05, 4.69) is 0 Å². The van der Waals surface area contributed by atoms with Gasteiger partial charge in [0.25, 0.3) is 0 Å². The van der Waals surface area contributed by atoms with Crippen LogP contribution >= 0.6 is 0 Å². The summed E-state index contributed by atoms with van der Waals surface area (Å²) in [5.74, 6) is -1.20. The van der Waals surface area contributed by atoms with Crippen molar-refractivity contribution in [1.82, 2.24) is 0 Å². The molecule has 1 aromatic rings. The predicted molar refractivity (Wildman–Crippen MR) is 62.2 cm³/mol. The number of carboxylic acids is 1. The molecule has 0 saturated heterocycles. The summed E-state index contributed by atoms with van der Waals surface area (Å²) in [6.45, 7) is 3.48. The van der Waals surface area contributed by atoms with E-state index in [0.717, 1.165) is 5.56 Å². The summed E-state index contributed by atoms with van der Waals surface area (Å²) in [5.41, 5.74) is 0.388. The van der Waals surface area contributed by atoms with Crippen molar-refractivity contribution < 1.29 is 19.0 Å². The molecule has 3 nitrogen and oxygen atoms in total. The molecule has 0 atom stereocenters. The van der Waals surface area contributed by atoms with E-state index in [-0.39, 0.29) is 12.4 Å². The first-order chi connectivity index (χ1) is 7.86. The highest BCUT2D eigenvalue weighted by molar-refractivity contribution is 5.74. The average Bonchev–Trinajstić information content (AvgIpc) is 2.23. The van der Waals surface area contributed by atoms with Gasteiger partial charge < -0.3 is 9.84 Å². The largest absolute Gasteiger partial charge is 0.481 e. The minimum Gasteiger partial charge on any atom is -0.481 e. The molecule has 0 fully saturated rings. The second kappa shape index (κ2) is 5.27. The first kappa shape index (κ1) is 13.6. The number of rotatable bonds is 5. The lowest BCUT2D eigenvalue weighted by atomic mass is 9.85. The van der Waals surface area contributed by atoms with Crippen molar-refractivity contribution in [2.75, 3.05) is 7.11 Å². The summed E-state index contributed by atoms with van der Waals surface area (Å²) in [7, 11) is 1.49. The summed E-state index contributed by atoms with van der Waals surface area (Å²) >= 11 is 0. The number of carboxylic acid groups (broad SMARTS) is 1. The topological polar surface area (TPSA) is 46.5 Å². The van der Waals surface area contributed by atoms with Crippen LogP contribution in [0.3, 0.4) is 0 Å². The number of benzene rings is 1. The van der Waals surface area contributed by atoms with Gasteiger partial charge in [-0.15, -0.1) is 0 Å². The van der Waals surface area contributed by atoms with Crippen molar-refractivity contribution in [3.8, 4) is 0 Å². The lowest BCUT2D eigenvalue weighted by molar-refractivity contribution is -0.146. The third kappa shape index (κ3) is 3.53. The molecule has 0 radical (unpaired) electrons. The van der Waals surface area contributed by atoms with Gasteiger partial charge in [0.1, 0.15) is 5.82 Å². The van der Waals surface area contributed by atoms with Crippen LogP contribution in [0.5, 0.6) is 0 Å². The summed E-state index contributed by atoms with van der Waals surface area (Å²) in [5, 5.41) is 9.03. The molecule has 1 N–H and O–H groups in total. The summed E-state index contributed by atoms with van der Waals surface area (Å²) < 4.78 is 18.2. The van der Waals surface area contributed by atoms with Gasteiger partial charge >= 0.3 is 5.97 Å². The molecule has 0 unspecified atom stereocenters. The fraction of sp³-hybridized carbons (Fsp3) is 0.462. The van der Waals surface area contributed by atoms with E-state index in [4.69, 9.17) is 9.84 Å². The van der Waals surface area contributed by atoms with Crippen LogP contribution in [0.4, 0.5) is 4.39 Å². The Kier molecular flexibility index (Phi) is 4.23. The standard InChI is InChI=1S/C13H17FO3/c1-13(2,12(15)16)7-9-4-5-11(14)10(6-9)8-17-3/h4-6H,7-8H2,1-3H3,(H,15,16). The van der Waals surface area contributed by atoms with Crippen molar-refractivity contribution in [2.45, 2.75) is 26.9 Å². The van der Waals surface area contributed by atoms with E-state index >= 15 is 0 Å². The van der Waals surface area contributed by atoms with Gasteiger partial charge in [-0.2, -0.15) is 0 Å². The molecule has 0 saturated carbocycles. The van der Waals surface area contributed by atoms with E-state index in [9.17, 15) is 9.18 Å². The lowest BCUT2D eigenvalue weighted by Crippen LogP contribution is -2.26. The Hall–Kier alpha value is -1.42. The molecule has 94 valence electrons. The fourth-order valence-corrected chi connectivity index (χ4v) is 1.59. The molecule has 0 heterocycles. The number of aliphatic carboxylic acids is 1. The van der Waals surface area contributed by atoms with E-state index in [1.54, 1.807) is 26.0 Å². The van der Waals surface area contributed by atoms with E-state index in [1.165, 1.54) is 13.2 Å². The predicted octanol–water partition coefficient (Wildman–Crippen LogP) is 2.63. The Labute approximate surface area is 100 Å². The highest BCUT2D eigenvalue weighted by Crippen LogP contribution is 2.23. The van der Waals surface area contributed by atoms with Crippen LogP contribution in [-0.2, 0) is 22.6 Å². The van der Waals surface area contributed by atoms with Gasteiger partial charge in [0, 0.05) is 12.7 Å². The maximum absolute atomic E-state index is 13.4. The Bertz CT molecular complexity index is 413. The Morgan fingerprint density at radius 3 is 2.65 bits per heavy atom. The molecule has 0 spiro atoms. The van der Waals surface area contributed by atoms with Crippen LogP contribution in [0.15, 0.2) is 18.2 Å². The van der Waals surface area contributed by atoms with E-state index in [1.807, 2.05) is 0 Å². The first-order valence-electron chi connectivity index (χ1n) is 5.36. The number of ether oxygens (including phenoxy) is 1. The van der Waals surface area contributed by atoms with Gasteiger partial charge in [0.15, 0.2) is 0 Å². The third-order valence-electron chi connectivity index (χ3n) is 2.63. The van der Waals surface area contributed by atoms with Gasteiger partial charge in [-0.05, 0) is 31.9 Å². The monoisotopic (exact) mass is 240 g/mol. The van der Waals surface area contributed by atoms with Crippen LogP contribution in [0.1, 0.15) is 25.0 Å². The molecule has 0 aromatic heterocycles. The maximum atomic E-state index is 13.4. The molecule has 0 aliphatic carbocycles. The van der Waals surface area contributed by atoms with Crippen LogP contribution in [0.2, 0.25) is 0 Å². The van der Waals surface area contributed by atoms with Gasteiger partial charge in [-0.3, -0.25) is 4.79 Å². The number of hydrogen-bond acceptors (Lipinski definition) is 2. The van der Waals surface area contributed by atoms with Gasteiger partial charge in [-0.25, -0.2) is 4.39 Å². The Morgan fingerprint density at radius 2 is 2.12 bits per heavy atom. The van der Waals surface area contributed by atoms with Crippen molar-refractivity contribution in [1.29, 1.82) is 0 Å². The second-order valence-electron chi connectivity index (χ2n) is 4.72. The summed E-state index contributed by atoms with van der Waals surface area (Å²) in [6.07, 6.45) is 0.360. The molecule has 0 bridgehead atoms. The molecule has 1 rings (SSSR count). The Morgan fingerprint density at radius 1 is 1.47 bits per heavy atom. The normalized spacial score (nSPS) is 11.5. The zero-order valence-corrected chi connectivity index (χ0v) is 10.3. The quantitative estimate of drug-likeness (QED) is 0.860. The van der Waals surface area contributed by atoms with Crippen LogP contribution in [0, 0.1) is 11.2 Å². The summed E-state index contributed by atoms with van der Waals surface area (Å²) in [4.78, 5) is 11.0. The van der Waals surface area contributed by atoms with Crippen molar-refractivity contribution in [3.63, 3.8) is 0 Å². The number of methoxy groups -OCH3 is 1. The van der Waals surface area contributed by atoms with Crippen LogP contribution in [0.25, 0.3) is 0 Å². The van der Waals surface area contributed by atoms with Crippen LogP contribution < -0.4 is 0 Å². The minimum absolute atomic E-state index is 0.188. The van der Waals surface area contributed by atoms with Crippen molar-refractivity contribution in [2.24, 2.45) is 5.41 Å². The van der Waals surface area contributed by atoms with Crippen molar-refractivity contribution >= 4 is 5.97 Å². The average molecular weight is 240 g/mol. The third-order valence-corrected chi connectivity index (χ3v) is 2.63. The van der Waals surface area contributed by atoms with E-state index < -0.39 is 11.4 Å². The lowest BCUT2D eigenvalue weighted by Gasteiger charge is -2.19. The number of carbonyl (C=O) groups is 1. The number of halogens is 1. The minimum atomic E-state index is -0.866. The molecule has 4 heteroatoms. The SMILES string of the molecule is COCc1cc(CC(C)(C)C(=O)O)ccc1F. The van der Waals surface area contributed by atoms with E-state index in [0.29, 0.717) is 12.0 Å². The van der Waals surface area contributed by atoms with Gasteiger partial charge in [0.2, 0.25) is 0 Å². The molecule has 0 amide bonds. The first-order valence-corrected chi connectivity index (χ1v) is 5.36. The molecule has 0 aliphatic heterocycles. The smallest absolute Gasteiger partial charge is 0.309 e. The maximum Gasteiger partial charge on any atom is 0.309 e. The molecule has 1 aromatic carbocycles. The molecule has 0 aliphatic rings. The Balaban J connectivity index is 2.93. The van der Waals surface area contributed by atoms with Gasteiger partial charge in [-0.1, -0.05) is 12.1 Å². The van der Waals surface area contributed by atoms with Crippen molar-refractivity contribution in [3.05, 3.63) is 35.1 Å². The summed E-state index contributed by atoms with van der Waals surface area (Å²) in [6, 6.07) is 4.62. The zero-order valence-electron chi connectivity index (χ0n) is 10.3. The highest BCUT2D eigenvalue weighted by Gasteiger charge is 2.27. The molecular weight excluding hydrogens is 223 g/mol.